The maximum Gasteiger partial charge on any atom is 0.110 e. The zero-order chi connectivity index (χ0) is 13.0. The third-order valence-corrected chi connectivity index (χ3v) is 4.51. The Bertz CT molecular complexity index is 358. The van der Waals surface area contributed by atoms with Gasteiger partial charge in [0, 0.05) is 0 Å². The Morgan fingerprint density at radius 2 is 1.72 bits per heavy atom. The quantitative estimate of drug-likeness (QED) is 0.668. The molecule has 1 saturated carbocycles. The first-order chi connectivity index (χ1) is 8.67. The predicted molar refractivity (Wildman–Crippen MR) is 75.8 cm³/mol. The van der Waals surface area contributed by atoms with Gasteiger partial charge in [0.2, 0.25) is 0 Å². The predicted octanol–water partition coefficient (Wildman–Crippen LogP) is 5.42. The van der Waals surface area contributed by atoms with Gasteiger partial charge in [0.05, 0.1) is 0 Å². The lowest BCUT2D eigenvalue weighted by molar-refractivity contribution is 0.0939. The lowest BCUT2D eigenvalue weighted by Gasteiger charge is -2.33. The van der Waals surface area contributed by atoms with Gasteiger partial charge in [0.25, 0.3) is 0 Å². The molecule has 0 nitrogen and oxygen atoms in total. The van der Waals surface area contributed by atoms with E-state index in [0.717, 1.165) is 32.1 Å². The van der Waals surface area contributed by atoms with E-state index in [1.165, 1.54) is 17.5 Å². The molecule has 0 spiro atoms. The normalized spacial score (nSPS) is 28.3. The Balaban J connectivity index is 1.97. The van der Waals surface area contributed by atoms with Gasteiger partial charge < -0.3 is 0 Å². The van der Waals surface area contributed by atoms with Crippen molar-refractivity contribution in [1.29, 1.82) is 0 Å². The minimum Gasteiger partial charge on any atom is -0.244 e. The Morgan fingerprint density at radius 1 is 1.11 bits per heavy atom. The van der Waals surface area contributed by atoms with Crippen molar-refractivity contribution in [1.82, 2.24) is 0 Å². The van der Waals surface area contributed by atoms with E-state index in [2.05, 4.69) is 31.2 Å². The van der Waals surface area contributed by atoms with Crippen molar-refractivity contribution in [2.24, 2.45) is 0 Å². The second-order valence-corrected chi connectivity index (χ2v) is 5.77. The molecule has 1 aliphatic rings. The number of hydrogen-bond acceptors (Lipinski definition) is 0. The summed E-state index contributed by atoms with van der Waals surface area (Å²) < 4.78 is 14.2. The molecule has 18 heavy (non-hydrogen) atoms. The van der Waals surface area contributed by atoms with Gasteiger partial charge in [-0.05, 0) is 55.6 Å². The van der Waals surface area contributed by atoms with Gasteiger partial charge in [-0.15, -0.1) is 0 Å². The average molecular weight is 248 g/mol. The van der Waals surface area contributed by atoms with Crippen LogP contribution in [0.5, 0.6) is 0 Å². The van der Waals surface area contributed by atoms with Gasteiger partial charge >= 0.3 is 0 Å². The third-order valence-electron chi connectivity index (χ3n) is 4.51. The maximum absolute atomic E-state index is 14.2. The standard InChI is InChI=1S/C17H25F/c1-3-5-14-6-8-15(9-7-14)16-10-12-17(18,4-2)13-11-16/h6-9,16H,3-5,10-13H2,1-2H3. The van der Waals surface area contributed by atoms with E-state index in [1.54, 1.807) is 0 Å². The maximum atomic E-state index is 14.2. The van der Waals surface area contributed by atoms with Crippen LogP contribution in [-0.2, 0) is 6.42 Å². The van der Waals surface area contributed by atoms with Crippen molar-refractivity contribution in [2.45, 2.75) is 70.4 Å². The summed E-state index contributed by atoms with van der Waals surface area (Å²) in [6.07, 6.45) is 6.54. The molecule has 2 rings (SSSR count). The fourth-order valence-corrected chi connectivity index (χ4v) is 3.07. The van der Waals surface area contributed by atoms with Crippen LogP contribution in [0.15, 0.2) is 24.3 Å². The molecule has 1 aromatic rings. The molecular formula is C17H25F. The van der Waals surface area contributed by atoms with E-state index in [0.29, 0.717) is 12.3 Å². The fourth-order valence-electron chi connectivity index (χ4n) is 3.07. The smallest absolute Gasteiger partial charge is 0.110 e. The van der Waals surface area contributed by atoms with Crippen molar-refractivity contribution in [3.63, 3.8) is 0 Å². The highest BCUT2D eigenvalue weighted by Crippen LogP contribution is 2.41. The van der Waals surface area contributed by atoms with Crippen LogP contribution in [-0.4, -0.2) is 5.67 Å². The molecule has 0 aromatic heterocycles. The average Bonchev–Trinajstić information content (AvgIpc) is 2.41. The van der Waals surface area contributed by atoms with E-state index in [9.17, 15) is 4.39 Å². The topological polar surface area (TPSA) is 0 Å². The minimum absolute atomic E-state index is 0.580. The molecular weight excluding hydrogens is 223 g/mol. The number of aryl methyl sites for hydroxylation is 1. The zero-order valence-electron chi connectivity index (χ0n) is 11.7. The number of rotatable bonds is 4. The van der Waals surface area contributed by atoms with Gasteiger partial charge in [-0.3, -0.25) is 0 Å². The summed E-state index contributed by atoms with van der Waals surface area (Å²) in [5, 5.41) is 0. The van der Waals surface area contributed by atoms with Gasteiger partial charge in [0.15, 0.2) is 0 Å². The summed E-state index contributed by atoms with van der Waals surface area (Å²) in [6, 6.07) is 9.01. The summed E-state index contributed by atoms with van der Waals surface area (Å²) in [7, 11) is 0. The molecule has 100 valence electrons. The van der Waals surface area contributed by atoms with E-state index in [4.69, 9.17) is 0 Å². The molecule has 1 aliphatic carbocycles. The van der Waals surface area contributed by atoms with Gasteiger partial charge in [-0.25, -0.2) is 4.39 Å². The van der Waals surface area contributed by atoms with Crippen LogP contribution >= 0.6 is 0 Å². The van der Waals surface area contributed by atoms with Crippen molar-refractivity contribution in [2.75, 3.05) is 0 Å². The van der Waals surface area contributed by atoms with Crippen molar-refractivity contribution < 1.29 is 4.39 Å². The Labute approximate surface area is 111 Å². The highest BCUT2D eigenvalue weighted by atomic mass is 19.1. The van der Waals surface area contributed by atoms with Crippen LogP contribution in [0.1, 0.15) is 69.4 Å². The first-order valence-electron chi connectivity index (χ1n) is 7.44. The number of alkyl halides is 1. The van der Waals surface area contributed by atoms with E-state index < -0.39 is 5.67 Å². The molecule has 1 aromatic carbocycles. The van der Waals surface area contributed by atoms with E-state index in [1.807, 2.05) is 6.92 Å². The first-order valence-corrected chi connectivity index (χ1v) is 7.44. The molecule has 0 bridgehead atoms. The van der Waals surface area contributed by atoms with Crippen LogP contribution < -0.4 is 0 Å². The van der Waals surface area contributed by atoms with E-state index >= 15 is 0 Å². The second kappa shape index (κ2) is 5.86. The number of halogens is 1. The Kier molecular flexibility index (Phi) is 4.42. The zero-order valence-corrected chi connectivity index (χ0v) is 11.7. The molecule has 0 heterocycles. The van der Waals surface area contributed by atoms with Crippen LogP contribution in [0.2, 0.25) is 0 Å². The number of hydrogen-bond donors (Lipinski definition) is 0. The van der Waals surface area contributed by atoms with Crippen LogP contribution in [0.3, 0.4) is 0 Å². The third kappa shape index (κ3) is 3.13. The molecule has 0 unspecified atom stereocenters. The molecule has 0 aliphatic heterocycles. The highest BCUT2D eigenvalue weighted by molar-refractivity contribution is 5.26. The van der Waals surface area contributed by atoms with Crippen molar-refractivity contribution in [3.8, 4) is 0 Å². The number of benzene rings is 1. The minimum atomic E-state index is -0.876. The lowest BCUT2D eigenvalue weighted by Crippen LogP contribution is -2.27. The molecule has 0 saturated heterocycles. The molecule has 0 radical (unpaired) electrons. The monoisotopic (exact) mass is 248 g/mol. The molecule has 0 atom stereocenters. The second-order valence-electron chi connectivity index (χ2n) is 5.77. The van der Waals surface area contributed by atoms with Crippen molar-refractivity contribution in [3.05, 3.63) is 35.4 Å². The summed E-state index contributed by atoms with van der Waals surface area (Å²) in [6.45, 7) is 4.18. The Hall–Kier alpha value is -0.850. The van der Waals surface area contributed by atoms with Gasteiger partial charge in [0.1, 0.15) is 5.67 Å². The van der Waals surface area contributed by atoms with Crippen LogP contribution in [0, 0.1) is 0 Å². The van der Waals surface area contributed by atoms with Crippen molar-refractivity contribution >= 4 is 0 Å². The first kappa shape index (κ1) is 13.6. The summed E-state index contributed by atoms with van der Waals surface area (Å²) in [5.74, 6) is 0.580. The summed E-state index contributed by atoms with van der Waals surface area (Å²) >= 11 is 0. The van der Waals surface area contributed by atoms with Crippen LogP contribution in [0.4, 0.5) is 4.39 Å². The molecule has 1 fully saturated rings. The molecule has 0 N–H and O–H groups in total. The molecule has 1 heteroatoms. The van der Waals surface area contributed by atoms with E-state index in [-0.39, 0.29) is 0 Å². The Morgan fingerprint density at radius 3 is 2.22 bits per heavy atom. The summed E-state index contributed by atoms with van der Waals surface area (Å²) in [5.41, 5.74) is 1.96. The highest BCUT2D eigenvalue weighted by Gasteiger charge is 2.33. The largest absolute Gasteiger partial charge is 0.244 e. The summed E-state index contributed by atoms with van der Waals surface area (Å²) in [4.78, 5) is 0. The van der Waals surface area contributed by atoms with Crippen LogP contribution in [0.25, 0.3) is 0 Å². The SMILES string of the molecule is CCCc1ccc(C2CCC(F)(CC)CC2)cc1. The van der Waals surface area contributed by atoms with Gasteiger partial charge in [-0.1, -0.05) is 44.5 Å². The fraction of sp³-hybridized carbons (Fsp3) is 0.647. The molecule has 0 amide bonds. The lowest BCUT2D eigenvalue weighted by atomic mass is 9.76. The van der Waals surface area contributed by atoms with Gasteiger partial charge in [-0.2, -0.15) is 0 Å².